The molecule has 0 radical (unpaired) electrons. The summed E-state index contributed by atoms with van der Waals surface area (Å²) >= 11 is 6.46. The molecule has 1 aromatic carbocycles. The van der Waals surface area contributed by atoms with Crippen LogP contribution in [-0.4, -0.2) is 50.7 Å². The molecule has 2 aromatic heterocycles. The first-order valence-corrected chi connectivity index (χ1v) is 9.89. The fourth-order valence-electron chi connectivity index (χ4n) is 2.81. The Hall–Kier alpha value is -3.27. The summed E-state index contributed by atoms with van der Waals surface area (Å²) in [6.45, 7) is 7.42. The Balaban J connectivity index is 1.79. The van der Waals surface area contributed by atoms with E-state index in [4.69, 9.17) is 16.3 Å². The average Bonchev–Trinajstić information content (AvgIpc) is 3.26. The lowest BCUT2D eigenvalue weighted by Crippen LogP contribution is -2.23. The van der Waals surface area contributed by atoms with Gasteiger partial charge >= 0.3 is 12.1 Å². The van der Waals surface area contributed by atoms with Gasteiger partial charge in [-0.3, -0.25) is 10.1 Å². The van der Waals surface area contributed by atoms with Crippen molar-refractivity contribution in [3.8, 4) is 17.1 Å². The van der Waals surface area contributed by atoms with Crippen molar-refractivity contribution in [2.45, 2.75) is 33.1 Å². The number of benzene rings is 1. The highest BCUT2D eigenvalue weighted by molar-refractivity contribution is 6.34. The third-order valence-corrected chi connectivity index (χ3v) is 4.89. The number of amides is 1. The summed E-state index contributed by atoms with van der Waals surface area (Å²) in [7, 11) is 1.26. The minimum Gasteiger partial charge on any atom is -0.506 e. The molecule has 3 rings (SSSR count). The van der Waals surface area contributed by atoms with Gasteiger partial charge in [-0.25, -0.2) is 4.79 Å². The predicted octanol–water partition coefficient (Wildman–Crippen LogP) is 3.74. The standard InChI is InChI=1S/C20H24ClN5O5/c1-10(18(28)30-5)9-31-19(29)22-12-8-11(6-7-13(12)27)16-23-17-14(21)15(20(2,3)4)24-26(17)25-16/h6-8,10,27H,9H2,1-5H3,(H,22,29)(H,23,25). The quantitative estimate of drug-likeness (QED) is 0.399. The van der Waals surface area contributed by atoms with Crippen LogP contribution in [0.3, 0.4) is 0 Å². The number of aromatic hydroxyl groups is 1. The Bertz CT molecular complexity index is 1130. The second-order valence-corrected chi connectivity index (χ2v) is 8.48. The number of rotatable bonds is 5. The van der Waals surface area contributed by atoms with Crippen LogP contribution in [0.1, 0.15) is 33.4 Å². The van der Waals surface area contributed by atoms with Crippen LogP contribution in [0.4, 0.5) is 10.5 Å². The molecule has 0 spiro atoms. The van der Waals surface area contributed by atoms with Gasteiger partial charge in [0, 0.05) is 11.0 Å². The lowest BCUT2D eigenvalue weighted by molar-refractivity contribution is -0.146. The van der Waals surface area contributed by atoms with Gasteiger partial charge in [-0.1, -0.05) is 32.4 Å². The van der Waals surface area contributed by atoms with Gasteiger partial charge in [-0.2, -0.15) is 5.10 Å². The number of aromatic amines is 1. The number of esters is 1. The maximum absolute atomic E-state index is 12.1. The molecular weight excluding hydrogens is 426 g/mol. The maximum atomic E-state index is 12.1. The van der Waals surface area contributed by atoms with E-state index in [1.807, 2.05) is 20.8 Å². The summed E-state index contributed by atoms with van der Waals surface area (Å²) in [6, 6.07) is 4.56. The summed E-state index contributed by atoms with van der Waals surface area (Å²) in [5.74, 6) is -0.821. The number of phenolic OH excluding ortho intramolecular Hbond substituents is 1. The smallest absolute Gasteiger partial charge is 0.411 e. The number of anilines is 1. The number of hydrogen-bond acceptors (Lipinski definition) is 7. The molecular formula is C20H24ClN5O5. The van der Waals surface area contributed by atoms with E-state index in [1.165, 1.54) is 23.9 Å². The van der Waals surface area contributed by atoms with Gasteiger partial charge in [0.25, 0.3) is 0 Å². The molecule has 0 fully saturated rings. The summed E-state index contributed by atoms with van der Waals surface area (Å²) in [6.07, 6.45) is -0.824. The monoisotopic (exact) mass is 449 g/mol. The second-order valence-electron chi connectivity index (χ2n) is 8.10. The van der Waals surface area contributed by atoms with Gasteiger partial charge in [0.05, 0.1) is 24.4 Å². The van der Waals surface area contributed by atoms with Gasteiger partial charge in [-0.15, -0.1) is 9.73 Å². The molecule has 0 bridgehead atoms. The van der Waals surface area contributed by atoms with Gasteiger partial charge in [0.15, 0.2) is 11.5 Å². The van der Waals surface area contributed by atoms with Crippen molar-refractivity contribution in [1.82, 2.24) is 19.8 Å². The van der Waals surface area contributed by atoms with E-state index in [1.54, 1.807) is 13.0 Å². The van der Waals surface area contributed by atoms with Crippen LogP contribution in [0, 0.1) is 5.92 Å². The van der Waals surface area contributed by atoms with Crippen molar-refractivity contribution >= 4 is 35.0 Å². The van der Waals surface area contributed by atoms with E-state index >= 15 is 0 Å². The van der Waals surface area contributed by atoms with Crippen LogP contribution in [0.5, 0.6) is 5.75 Å². The van der Waals surface area contributed by atoms with E-state index in [2.05, 4.69) is 25.2 Å². The first-order valence-electron chi connectivity index (χ1n) is 9.51. The predicted molar refractivity (Wildman–Crippen MR) is 114 cm³/mol. The van der Waals surface area contributed by atoms with E-state index in [-0.39, 0.29) is 23.5 Å². The highest BCUT2D eigenvalue weighted by Crippen LogP contribution is 2.33. The fourth-order valence-corrected chi connectivity index (χ4v) is 3.25. The summed E-state index contributed by atoms with van der Waals surface area (Å²) in [5.41, 5.74) is 1.71. The zero-order valence-corrected chi connectivity index (χ0v) is 18.6. The molecule has 0 aliphatic heterocycles. The molecule has 1 amide bonds. The van der Waals surface area contributed by atoms with Gasteiger partial charge in [-0.05, 0) is 25.1 Å². The van der Waals surface area contributed by atoms with Gasteiger partial charge in [0.1, 0.15) is 17.4 Å². The number of aromatic nitrogens is 4. The zero-order chi connectivity index (χ0) is 22.9. The number of ether oxygens (including phenoxy) is 2. The number of nitrogens with one attached hydrogen (secondary N) is 2. The first kappa shape index (κ1) is 22.4. The highest BCUT2D eigenvalue weighted by Gasteiger charge is 2.25. The number of halogens is 1. The van der Waals surface area contributed by atoms with Gasteiger partial charge in [0.2, 0.25) is 0 Å². The Morgan fingerprint density at radius 1 is 1.32 bits per heavy atom. The molecule has 0 aliphatic carbocycles. The van der Waals surface area contributed by atoms with Crippen LogP contribution in [-0.2, 0) is 19.7 Å². The van der Waals surface area contributed by atoms with Crippen molar-refractivity contribution in [3.63, 3.8) is 0 Å². The lowest BCUT2D eigenvalue weighted by atomic mass is 9.92. The number of methoxy groups -OCH3 is 1. The number of carbonyl (C=O) groups is 2. The minimum atomic E-state index is -0.824. The normalized spacial score (nSPS) is 12.6. The molecule has 3 N–H and O–H groups in total. The number of fused-ring (bicyclic) bond motifs is 1. The third-order valence-electron chi connectivity index (χ3n) is 4.53. The van der Waals surface area contributed by atoms with Crippen LogP contribution in [0.15, 0.2) is 18.2 Å². The second kappa shape index (κ2) is 8.46. The van der Waals surface area contributed by atoms with Crippen LogP contribution in [0.25, 0.3) is 17.0 Å². The Morgan fingerprint density at radius 2 is 2.03 bits per heavy atom. The third kappa shape index (κ3) is 4.74. The molecule has 3 aromatic rings. The molecule has 31 heavy (non-hydrogen) atoms. The van der Waals surface area contributed by atoms with Crippen molar-refractivity contribution in [1.29, 1.82) is 0 Å². The van der Waals surface area contributed by atoms with Crippen molar-refractivity contribution in [2.75, 3.05) is 19.0 Å². The number of phenols is 1. The summed E-state index contributed by atoms with van der Waals surface area (Å²) in [5, 5.41) is 21.9. The summed E-state index contributed by atoms with van der Waals surface area (Å²) in [4.78, 5) is 26.6. The van der Waals surface area contributed by atoms with E-state index in [9.17, 15) is 14.7 Å². The molecule has 10 nitrogen and oxygen atoms in total. The first-order chi connectivity index (χ1) is 14.5. The van der Waals surface area contributed by atoms with Crippen molar-refractivity contribution in [2.24, 2.45) is 5.92 Å². The molecule has 0 saturated carbocycles. The number of nitrogens with zero attached hydrogens (tertiary/aromatic N) is 3. The zero-order valence-electron chi connectivity index (χ0n) is 17.8. The molecule has 0 saturated heterocycles. The molecule has 1 unspecified atom stereocenters. The van der Waals surface area contributed by atoms with Crippen LogP contribution in [0.2, 0.25) is 5.02 Å². The number of carbonyl (C=O) groups excluding carboxylic acids is 2. The van der Waals surface area contributed by atoms with Crippen LogP contribution >= 0.6 is 11.6 Å². The molecule has 166 valence electrons. The topological polar surface area (TPSA) is 131 Å². The number of hydrogen-bond donors (Lipinski definition) is 3. The highest BCUT2D eigenvalue weighted by atomic mass is 35.5. The fraction of sp³-hybridized carbons (Fsp3) is 0.400. The van der Waals surface area contributed by atoms with Crippen molar-refractivity contribution in [3.05, 3.63) is 28.9 Å². The average molecular weight is 450 g/mol. The van der Waals surface area contributed by atoms with E-state index in [0.29, 0.717) is 22.1 Å². The Labute approximate surface area is 183 Å². The van der Waals surface area contributed by atoms with E-state index < -0.39 is 18.0 Å². The molecule has 2 heterocycles. The van der Waals surface area contributed by atoms with Crippen molar-refractivity contribution < 1.29 is 24.2 Å². The van der Waals surface area contributed by atoms with E-state index in [0.717, 1.165) is 5.69 Å². The number of H-pyrrole nitrogens is 1. The molecule has 1 atom stereocenters. The Kier molecular flexibility index (Phi) is 6.12. The molecule has 0 aliphatic rings. The molecule has 11 heteroatoms. The lowest BCUT2D eigenvalue weighted by Gasteiger charge is -2.14. The minimum absolute atomic E-state index is 0.115. The summed E-state index contributed by atoms with van der Waals surface area (Å²) < 4.78 is 11.0. The SMILES string of the molecule is COC(=O)C(C)COC(=O)Nc1cc(-c2nn3nc(C(C)(C)C)c(Cl)c3[nH]2)ccc1O. The van der Waals surface area contributed by atoms with Gasteiger partial charge < -0.3 is 19.6 Å². The largest absolute Gasteiger partial charge is 0.506 e. The van der Waals surface area contributed by atoms with Crippen LogP contribution < -0.4 is 5.32 Å². The Morgan fingerprint density at radius 3 is 2.65 bits per heavy atom. The maximum Gasteiger partial charge on any atom is 0.411 e.